The van der Waals surface area contributed by atoms with E-state index in [4.69, 9.17) is 23.2 Å². The molecule has 1 aromatic carbocycles. The van der Waals surface area contributed by atoms with E-state index in [9.17, 15) is 0 Å². The Morgan fingerprint density at radius 3 is 2.47 bits per heavy atom. The van der Waals surface area contributed by atoms with Crippen molar-refractivity contribution < 1.29 is 0 Å². The summed E-state index contributed by atoms with van der Waals surface area (Å²) < 4.78 is 0. The van der Waals surface area contributed by atoms with E-state index < -0.39 is 0 Å². The van der Waals surface area contributed by atoms with Crippen LogP contribution < -0.4 is 5.32 Å². The maximum absolute atomic E-state index is 6.28. The van der Waals surface area contributed by atoms with Crippen LogP contribution in [0.3, 0.4) is 0 Å². The predicted molar refractivity (Wildman–Crippen MR) is 86.3 cm³/mol. The van der Waals surface area contributed by atoms with Crippen molar-refractivity contribution in [2.45, 2.75) is 52.5 Å². The van der Waals surface area contributed by atoms with Gasteiger partial charge in [-0.1, -0.05) is 48.7 Å². The first-order valence-corrected chi connectivity index (χ1v) is 7.77. The van der Waals surface area contributed by atoms with Gasteiger partial charge in [0.15, 0.2) is 0 Å². The lowest BCUT2D eigenvalue weighted by atomic mass is 9.94. The van der Waals surface area contributed by atoms with Crippen LogP contribution >= 0.6 is 23.2 Å². The molecular formula is C16H25Cl2N. The summed E-state index contributed by atoms with van der Waals surface area (Å²) in [5.41, 5.74) is 1.31. The topological polar surface area (TPSA) is 12.0 Å². The molecule has 1 rings (SSSR count). The quantitative estimate of drug-likeness (QED) is 0.748. The lowest BCUT2D eigenvalue weighted by Gasteiger charge is -2.25. The van der Waals surface area contributed by atoms with E-state index in [0.29, 0.717) is 16.0 Å². The lowest BCUT2D eigenvalue weighted by Crippen LogP contribution is -2.39. The third-order valence-corrected chi connectivity index (χ3v) is 4.02. The van der Waals surface area contributed by atoms with Gasteiger partial charge in [0, 0.05) is 5.54 Å². The van der Waals surface area contributed by atoms with E-state index in [1.165, 1.54) is 12.8 Å². The van der Waals surface area contributed by atoms with Gasteiger partial charge in [-0.3, -0.25) is 0 Å². The van der Waals surface area contributed by atoms with Gasteiger partial charge < -0.3 is 5.32 Å². The Morgan fingerprint density at radius 2 is 1.89 bits per heavy atom. The van der Waals surface area contributed by atoms with E-state index in [1.807, 2.05) is 12.1 Å². The van der Waals surface area contributed by atoms with Gasteiger partial charge in [0.25, 0.3) is 0 Å². The van der Waals surface area contributed by atoms with Crippen molar-refractivity contribution in [2.24, 2.45) is 5.92 Å². The monoisotopic (exact) mass is 301 g/mol. The average molecular weight is 302 g/mol. The lowest BCUT2D eigenvalue weighted by molar-refractivity contribution is 0.355. The number of hydrogen-bond acceptors (Lipinski definition) is 1. The van der Waals surface area contributed by atoms with Crippen LogP contribution in [0, 0.1) is 5.92 Å². The number of hydrogen-bond donors (Lipinski definition) is 1. The van der Waals surface area contributed by atoms with Gasteiger partial charge >= 0.3 is 0 Å². The summed E-state index contributed by atoms with van der Waals surface area (Å²) in [6, 6.07) is 5.90. The van der Waals surface area contributed by atoms with E-state index in [1.54, 1.807) is 0 Å². The number of benzene rings is 1. The molecule has 0 aromatic heterocycles. The highest BCUT2D eigenvalue weighted by Crippen LogP contribution is 2.28. The summed E-state index contributed by atoms with van der Waals surface area (Å²) in [5, 5.41) is 4.95. The fraction of sp³-hybridized carbons (Fsp3) is 0.625. The second-order valence-electron chi connectivity index (χ2n) is 6.20. The SMILES string of the molecule is CCCC(CNC(C)(C)C)Cc1cccc(Cl)c1Cl. The van der Waals surface area contributed by atoms with Gasteiger partial charge in [-0.05, 0) is 57.7 Å². The molecule has 0 aliphatic heterocycles. The molecule has 108 valence electrons. The minimum Gasteiger partial charge on any atom is -0.312 e. The first kappa shape index (κ1) is 16.8. The molecule has 1 N–H and O–H groups in total. The van der Waals surface area contributed by atoms with Gasteiger partial charge in [-0.25, -0.2) is 0 Å². The number of nitrogens with one attached hydrogen (secondary N) is 1. The molecule has 0 radical (unpaired) electrons. The molecule has 1 atom stereocenters. The molecule has 1 aromatic rings. The summed E-state index contributed by atoms with van der Waals surface area (Å²) in [4.78, 5) is 0. The van der Waals surface area contributed by atoms with Gasteiger partial charge in [0.1, 0.15) is 0 Å². The van der Waals surface area contributed by atoms with E-state index in [2.05, 4.69) is 39.1 Å². The molecule has 0 bridgehead atoms. The highest BCUT2D eigenvalue weighted by atomic mass is 35.5. The first-order valence-electron chi connectivity index (χ1n) is 7.01. The van der Waals surface area contributed by atoms with Crippen molar-refractivity contribution >= 4 is 23.2 Å². The minimum absolute atomic E-state index is 0.157. The van der Waals surface area contributed by atoms with Crippen molar-refractivity contribution in [3.05, 3.63) is 33.8 Å². The number of rotatable bonds is 6. The third-order valence-electron chi connectivity index (χ3n) is 3.16. The van der Waals surface area contributed by atoms with E-state index in [0.717, 1.165) is 18.5 Å². The average Bonchev–Trinajstić information content (AvgIpc) is 2.31. The van der Waals surface area contributed by atoms with Gasteiger partial charge in [0.2, 0.25) is 0 Å². The Labute approximate surface area is 127 Å². The Morgan fingerprint density at radius 1 is 1.21 bits per heavy atom. The minimum atomic E-state index is 0.157. The van der Waals surface area contributed by atoms with Gasteiger partial charge in [-0.2, -0.15) is 0 Å². The van der Waals surface area contributed by atoms with Gasteiger partial charge in [-0.15, -0.1) is 0 Å². The highest BCUT2D eigenvalue weighted by molar-refractivity contribution is 6.42. The van der Waals surface area contributed by atoms with Crippen molar-refractivity contribution in [1.82, 2.24) is 5.32 Å². The molecule has 1 unspecified atom stereocenters. The molecule has 0 aliphatic rings. The second kappa shape index (κ2) is 7.52. The summed E-state index contributed by atoms with van der Waals surface area (Å²) in [6.07, 6.45) is 3.37. The molecule has 0 saturated heterocycles. The molecule has 0 spiro atoms. The Bertz CT molecular complexity index is 396. The molecule has 0 aliphatic carbocycles. The predicted octanol–water partition coefficient (Wildman–Crippen LogP) is 5.34. The Balaban J connectivity index is 2.70. The van der Waals surface area contributed by atoms with Gasteiger partial charge in [0.05, 0.1) is 10.0 Å². The van der Waals surface area contributed by atoms with Crippen LogP contribution in [0.4, 0.5) is 0 Å². The zero-order chi connectivity index (χ0) is 14.5. The molecule has 0 fully saturated rings. The smallest absolute Gasteiger partial charge is 0.0624 e. The molecule has 0 heterocycles. The molecule has 19 heavy (non-hydrogen) atoms. The number of halogens is 2. The van der Waals surface area contributed by atoms with Crippen LogP contribution in [0.2, 0.25) is 10.0 Å². The maximum Gasteiger partial charge on any atom is 0.0624 e. The van der Waals surface area contributed by atoms with E-state index >= 15 is 0 Å². The maximum atomic E-state index is 6.28. The standard InChI is InChI=1S/C16H25Cl2N/c1-5-7-12(11-19-16(2,3)4)10-13-8-6-9-14(17)15(13)18/h6,8-9,12,19H,5,7,10-11H2,1-4H3. The zero-order valence-electron chi connectivity index (χ0n) is 12.4. The van der Waals surface area contributed by atoms with Crippen LogP contribution in [-0.2, 0) is 6.42 Å². The normalized spacial score (nSPS) is 13.6. The Kier molecular flexibility index (Phi) is 6.65. The molecule has 0 saturated carbocycles. The summed E-state index contributed by atoms with van der Waals surface area (Å²) in [7, 11) is 0. The van der Waals surface area contributed by atoms with Crippen LogP contribution in [0.25, 0.3) is 0 Å². The highest BCUT2D eigenvalue weighted by Gasteiger charge is 2.16. The van der Waals surface area contributed by atoms with Crippen molar-refractivity contribution in [1.29, 1.82) is 0 Å². The molecule has 0 amide bonds. The van der Waals surface area contributed by atoms with E-state index in [-0.39, 0.29) is 5.54 Å². The van der Waals surface area contributed by atoms with Crippen molar-refractivity contribution in [3.63, 3.8) is 0 Å². The first-order chi connectivity index (χ1) is 8.83. The fourth-order valence-electron chi connectivity index (χ4n) is 2.15. The molecular weight excluding hydrogens is 277 g/mol. The summed E-state index contributed by atoms with van der Waals surface area (Å²) in [6.45, 7) is 9.83. The van der Waals surface area contributed by atoms with Crippen LogP contribution in [0.5, 0.6) is 0 Å². The Hall–Kier alpha value is -0.240. The summed E-state index contributed by atoms with van der Waals surface area (Å²) in [5.74, 6) is 0.597. The van der Waals surface area contributed by atoms with Crippen molar-refractivity contribution in [3.8, 4) is 0 Å². The van der Waals surface area contributed by atoms with Crippen molar-refractivity contribution in [2.75, 3.05) is 6.54 Å². The fourth-order valence-corrected chi connectivity index (χ4v) is 2.55. The zero-order valence-corrected chi connectivity index (χ0v) is 13.9. The third kappa shape index (κ3) is 6.16. The molecule has 3 heteroatoms. The van der Waals surface area contributed by atoms with Crippen LogP contribution in [0.15, 0.2) is 18.2 Å². The second-order valence-corrected chi connectivity index (χ2v) is 6.99. The van der Waals surface area contributed by atoms with Crippen LogP contribution in [0.1, 0.15) is 46.1 Å². The largest absolute Gasteiger partial charge is 0.312 e. The molecule has 1 nitrogen and oxygen atoms in total. The van der Waals surface area contributed by atoms with Crippen LogP contribution in [-0.4, -0.2) is 12.1 Å². The summed E-state index contributed by atoms with van der Waals surface area (Å²) >= 11 is 12.4.